The maximum absolute atomic E-state index is 12.7. The third-order valence-corrected chi connectivity index (χ3v) is 9.71. The number of ether oxygens (including phenoxy) is 1. The summed E-state index contributed by atoms with van der Waals surface area (Å²) < 4.78 is 11.6. The van der Waals surface area contributed by atoms with E-state index in [2.05, 4.69) is 0 Å². The molecule has 152 valence electrons. The van der Waals surface area contributed by atoms with Gasteiger partial charge in [-0.15, -0.1) is 0 Å². The number of carbonyl (C=O) groups excluding carboxylic acids is 1. The summed E-state index contributed by atoms with van der Waals surface area (Å²) in [5.74, 6) is -1.60. The van der Waals surface area contributed by atoms with Crippen molar-refractivity contribution in [3.05, 3.63) is 35.9 Å². The van der Waals surface area contributed by atoms with Crippen LogP contribution in [0.25, 0.3) is 0 Å². The van der Waals surface area contributed by atoms with Crippen LogP contribution < -0.4 is 0 Å². The molecule has 0 saturated heterocycles. The first-order valence-electron chi connectivity index (χ1n) is 9.53. The lowest BCUT2D eigenvalue weighted by Gasteiger charge is -2.37. The number of aliphatic carboxylic acids is 1. The number of hydrogen-bond donors (Lipinski definition) is 1. The summed E-state index contributed by atoms with van der Waals surface area (Å²) in [5.41, 5.74) is 1.07. The highest BCUT2D eigenvalue weighted by Crippen LogP contribution is 2.37. The fourth-order valence-electron chi connectivity index (χ4n) is 2.36. The molecule has 0 spiro atoms. The van der Waals surface area contributed by atoms with E-state index in [-0.39, 0.29) is 23.2 Å². The van der Waals surface area contributed by atoms with Gasteiger partial charge in [0.2, 0.25) is 6.10 Å². The van der Waals surface area contributed by atoms with E-state index in [0.29, 0.717) is 13.2 Å². The summed E-state index contributed by atoms with van der Waals surface area (Å²) >= 11 is 0. The Kier molecular flexibility index (Phi) is 8.85. The van der Waals surface area contributed by atoms with Gasteiger partial charge in [-0.05, 0) is 29.6 Å². The van der Waals surface area contributed by atoms with Gasteiger partial charge in [-0.1, -0.05) is 64.4 Å². The average molecular weight is 395 g/mol. The highest BCUT2D eigenvalue weighted by molar-refractivity contribution is 6.74. The lowest BCUT2D eigenvalue weighted by Crippen LogP contribution is -2.49. The summed E-state index contributed by atoms with van der Waals surface area (Å²) in [4.78, 5) is 24.3. The van der Waals surface area contributed by atoms with E-state index in [9.17, 15) is 14.7 Å². The van der Waals surface area contributed by atoms with Crippen molar-refractivity contribution in [2.45, 2.75) is 71.4 Å². The van der Waals surface area contributed by atoms with E-state index in [1.54, 1.807) is 0 Å². The lowest BCUT2D eigenvalue weighted by atomic mass is 9.98. The third kappa shape index (κ3) is 7.56. The van der Waals surface area contributed by atoms with Crippen molar-refractivity contribution in [3.8, 4) is 0 Å². The van der Waals surface area contributed by atoms with Crippen molar-refractivity contribution in [3.63, 3.8) is 0 Å². The standard InChI is InChI=1S/C21H34O5Si/c1-7-16(14-25-15-17-11-9-8-10-12-17)13-18(22)19(20(23)24)26-27(5,6)21(2,3)4/h8-12,16,19H,7,13-15H2,1-6H3,(H,23,24)/t16?,19-/m0/s1. The van der Waals surface area contributed by atoms with Gasteiger partial charge < -0.3 is 14.3 Å². The SMILES string of the molecule is CCC(COCc1ccccc1)CC(=O)[C@H](O[Si](C)(C)C(C)(C)C)C(=O)O. The van der Waals surface area contributed by atoms with Gasteiger partial charge in [0.1, 0.15) is 0 Å². The number of carboxylic acid groups (broad SMARTS) is 1. The number of carboxylic acids is 1. The van der Waals surface area contributed by atoms with Crippen molar-refractivity contribution in [2.24, 2.45) is 5.92 Å². The van der Waals surface area contributed by atoms with Crippen LogP contribution in [0, 0.1) is 5.92 Å². The maximum Gasteiger partial charge on any atom is 0.339 e. The second-order valence-corrected chi connectivity index (χ2v) is 13.3. The lowest BCUT2D eigenvalue weighted by molar-refractivity contribution is -0.151. The zero-order valence-corrected chi connectivity index (χ0v) is 18.5. The smallest absolute Gasteiger partial charge is 0.339 e. The molecular weight excluding hydrogens is 360 g/mol. The highest BCUT2D eigenvalue weighted by Gasteiger charge is 2.43. The summed E-state index contributed by atoms with van der Waals surface area (Å²) in [6, 6.07) is 9.83. The van der Waals surface area contributed by atoms with Crippen molar-refractivity contribution in [1.29, 1.82) is 0 Å². The molecule has 0 radical (unpaired) electrons. The monoisotopic (exact) mass is 394 g/mol. The number of benzene rings is 1. The van der Waals surface area contributed by atoms with Gasteiger partial charge in [-0.25, -0.2) is 4.79 Å². The molecule has 0 bridgehead atoms. The number of ketones is 1. The van der Waals surface area contributed by atoms with Crippen molar-refractivity contribution in [1.82, 2.24) is 0 Å². The number of Topliss-reactive ketones (excluding diaryl/α,β-unsaturated/α-hetero) is 1. The van der Waals surface area contributed by atoms with Crippen molar-refractivity contribution in [2.75, 3.05) is 6.61 Å². The Morgan fingerprint density at radius 1 is 1.15 bits per heavy atom. The Balaban J connectivity index is 2.65. The molecule has 5 nitrogen and oxygen atoms in total. The summed E-state index contributed by atoms with van der Waals surface area (Å²) in [6.45, 7) is 12.9. The molecule has 0 aliphatic heterocycles. The number of hydrogen-bond acceptors (Lipinski definition) is 4. The molecule has 0 aromatic heterocycles. The van der Waals surface area contributed by atoms with Gasteiger partial charge >= 0.3 is 5.97 Å². The molecule has 1 unspecified atom stereocenters. The van der Waals surface area contributed by atoms with Crippen LogP contribution in [0.2, 0.25) is 18.1 Å². The minimum Gasteiger partial charge on any atom is -0.479 e. The van der Waals surface area contributed by atoms with Gasteiger partial charge in [0, 0.05) is 6.42 Å². The van der Waals surface area contributed by atoms with Crippen LogP contribution in [0.3, 0.4) is 0 Å². The molecule has 1 aromatic rings. The van der Waals surface area contributed by atoms with E-state index >= 15 is 0 Å². The van der Waals surface area contributed by atoms with E-state index in [4.69, 9.17) is 9.16 Å². The van der Waals surface area contributed by atoms with Crippen LogP contribution in [-0.4, -0.2) is 37.9 Å². The zero-order chi connectivity index (χ0) is 20.7. The molecule has 0 heterocycles. The molecule has 1 N–H and O–H groups in total. The summed E-state index contributed by atoms with van der Waals surface area (Å²) in [5, 5.41) is 9.37. The third-order valence-electron chi connectivity index (χ3n) is 5.27. The second-order valence-electron chi connectivity index (χ2n) is 8.54. The highest BCUT2D eigenvalue weighted by atomic mass is 28.4. The van der Waals surface area contributed by atoms with E-state index in [1.165, 1.54) is 0 Å². The first-order valence-corrected chi connectivity index (χ1v) is 12.4. The zero-order valence-electron chi connectivity index (χ0n) is 17.5. The normalized spacial score (nSPS) is 14.6. The van der Waals surface area contributed by atoms with E-state index in [1.807, 2.05) is 71.1 Å². The maximum atomic E-state index is 12.7. The van der Waals surface area contributed by atoms with Gasteiger partial charge in [0.15, 0.2) is 14.1 Å². The van der Waals surface area contributed by atoms with Crippen LogP contribution in [0.15, 0.2) is 30.3 Å². The number of carbonyl (C=O) groups is 2. The predicted molar refractivity (Wildman–Crippen MR) is 109 cm³/mol. The second kappa shape index (κ2) is 10.2. The Hall–Kier alpha value is -1.50. The molecule has 27 heavy (non-hydrogen) atoms. The van der Waals surface area contributed by atoms with Crippen LogP contribution in [0.4, 0.5) is 0 Å². The molecule has 1 rings (SSSR count). The van der Waals surface area contributed by atoms with Gasteiger partial charge in [0.05, 0.1) is 13.2 Å². The Morgan fingerprint density at radius 2 is 1.74 bits per heavy atom. The first kappa shape index (κ1) is 23.5. The molecule has 0 amide bonds. The average Bonchev–Trinajstić information content (AvgIpc) is 2.58. The minimum absolute atomic E-state index is 0.0222. The van der Waals surface area contributed by atoms with Crippen LogP contribution in [0.1, 0.15) is 46.1 Å². The largest absolute Gasteiger partial charge is 0.479 e. The van der Waals surface area contributed by atoms with Crippen molar-refractivity contribution < 1.29 is 23.9 Å². The quantitative estimate of drug-likeness (QED) is 0.436. The van der Waals surface area contributed by atoms with Gasteiger partial charge in [-0.3, -0.25) is 4.79 Å². The van der Waals surface area contributed by atoms with Crippen LogP contribution in [0.5, 0.6) is 0 Å². The minimum atomic E-state index is -2.36. The van der Waals surface area contributed by atoms with E-state index < -0.39 is 20.4 Å². The fraction of sp³-hybridized carbons (Fsp3) is 0.619. The Labute approximate surface area is 164 Å². The van der Waals surface area contributed by atoms with Crippen LogP contribution >= 0.6 is 0 Å². The predicted octanol–water partition coefficient (Wildman–Crippen LogP) is 4.66. The van der Waals surface area contributed by atoms with Crippen molar-refractivity contribution >= 4 is 20.1 Å². The first-order chi connectivity index (χ1) is 12.5. The number of rotatable bonds is 11. The van der Waals surface area contributed by atoms with E-state index in [0.717, 1.165) is 12.0 Å². The molecule has 6 heteroatoms. The Bertz CT molecular complexity index is 607. The van der Waals surface area contributed by atoms with Crippen LogP contribution in [-0.2, 0) is 25.4 Å². The van der Waals surface area contributed by atoms with Gasteiger partial charge in [0.25, 0.3) is 0 Å². The Morgan fingerprint density at radius 3 is 2.22 bits per heavy atom. The molecule has 0 aliphatic rings. The molecule has 2 atom stereocenters. The molecule has 1 aromatic carbocycles. The summed E-state index contributed by atoms with van der Waals surface area (Å²) in [6.07, 6.45) is -0.502. The van der Waals surface area contributed by atoms with Gasteiger partial charge in [-0.2, -0.15) is 0 Å². The molecule has 0 fully saturated rings. The summed E-state index contributed by atoms with van der Waals surface area (Å²) in [7, 11) is -2.36. The topological polar surface area (TPSA) is 72.8 Å². The molecular formula is C21H34O5Si. The molecule has 0 aliphatic carbocycles. The fourth-order valence-corrected chi connectivity index (χ4v) is 3.53. The molecule has 0 saturated carbocycles.